The van der Waals surface area contributed by atoms with E-state index in [1.165, 1.54) is 17.3 Å². The van der Waals surface area contributed by atoms with E-state index in [4.69, 9.17) is 5.11 Å². The summed E-state index contributed by atoms with van der Waals surface area (Å²) in [4.78, 5) is 18.3. The van der Waals surface area contributed by atoms with Gasteiger partial charge in [0, 0.05) is 11.3 Å². The fraction of sp³-hybridized carbons (Fsp3) is 0.231. The molecule has 18 heavy (non-hydrogen) atoms. The van der Waals surface area contributed by atoms with Crippen LogP contribution in [0.4, 0.5) is 0 Å². The minimum atomic E-state index is -0.879. The topological polar surface area (TPSA) is 66.0 Å². The number of H-pyrrole nitrogens is 1. The maximum atomic E-state index is 10.6. The molecule has 2 aromatic rings. The first-order valence-corrected chi connectivity index (χ1v) is 6.54. The summed E-state index contributed by atoms with van der Waals surface area (Å²) in [7, 11) is 0. The minimum Gasteiger partial charge on any atom is -0.478 e. The van der Waals surface area contributed by atoms with Crippen molar-refractivity contribution in [3.8, 4) is 0 Å². The number of carboxylic acid groups (broad SMARTS) is 1. The maximum absolute atomic E-state index is 10.6. The molecule has 0 radical (unpaired) electrons. The zero-order valence-electron chi connectivity index (χ0n) is 10.2. The Labute approximate surface area is 109 Å². The van der Waals surface area contributed by atoms with E-state index < -0.39 is 5.97 Å². The van der Waals surface area contributed by atoms with Crippen molar-refractivity contribution in [2.75, 3.05) is 5.75 Å². The van der Waals surface area contributed by atoms with E-state index in [2.05, 4.69) is 9.97 Å². The van der Waals surface area contributed by atoms with Gasteiger partial charge in [0.25, 0.3) is 0 Å². The van der Waals surface area contributed by atoms with Crippen LogP contribution in [0.1, 0.15) is 12.5 Å². The molecule has 0 aliphatic heterocycles. The summed E-state index contributed by atoms with van der Waals surface area (Å²) < 4.78 is 0. The van der Waals surface area contributed by atoms with Crippen molar-refractivity contribution in [3.05, 3.63) is 35.4 Å². The third-order valence-electron chi connectivity index (χ3n) is 2.56. The van der Waals surface area contributed by atoms with Crippen LogP contribution in [0.3, 0.4) is 0 Å². The van der Waals surface area contributed by atoms with Crippen LogP contribution in [0, 0.1) is 6.92 Å². The number of carbonyl (C=O) groups is 1. The molecule has 0 aliphatic rings. The first-order chi connectivity index (χ1) is 8.56. The van der Waals surface area contributed by atoms with E-state index in [-0.39, 0.29) is 0 Å². The molecule has 1 aromatic heterocycles. The molecule has 0 aliphatic carbocycles. The monoisotopic (exact) mass is 262 g/mol. The third kappa shape index (κ3) is 2.92. The number of hydrogen-bond acceptors (Lipinski definition) is 3. The van der Waals surface area contributed by atoms with Gasteiger partial charge in [-0.3, -0.25) is 0 Å². The van der Waals surface area contributed by atoms with Gasteiger partial charge >= 0.3 is 5.97 Å². The molecule has 1 aromatic carbocycles. The lowest BCUT2D eigenvalue weighted by molar-refractivity contribution is -0.132. The molecule has 0 saturated heterocycles. The second-order valence-electron chi connectivity index (χ2n) is 4.07. The molecule has 0 amide bonds. The summed E-state index contributed by atoms with van der Waals surface area (Å²) in [5.74, 6) is -0.285. The molecule has 0 bridgehead atoms. The van der Waals surface area contributed by atoms with Crippen molar-refractivity contribution < 1.29 is 9.90 Å². The average molecular weight is 262 g/mol. The van der Waals surface area contributed by atoms with Gasteiger partial charge in [-0.05, 0) is 31.5 Å². The number of aliphatic carboxylic acids is 1. The van der Waals surface area contributed by atoms with Crippen molar-refractivity contribution in [3.63, 3.8) is 0 Å². The van der Waals surface area contributed by atoms with Gasteiger partial charge in [0.05, 0.1) is 11.0 Å². The van der Waals surface area contributed by atoms with Gasteiger partial charge in [-0.2, -0.15) is 0 Å². The highest BCUT2D eigenvalue weighted by Gasteiger charge is 2.03. The van der Waals surface area contributed by atoms with Crippen LogP contribution in [0.5, 0.6) is 0 Å². The number of benzene rings is 1. The molecule has 2 N–H and O–H groups in total. The fourth-order valence-electron chi connectivity index (χ4n) is 1.50. The number of aromatic amines is 1. The highest BCUT2D eigenvalue weighted by atomic mass is 32.2. The van der Waals surface area contributed by atoms with Gasteiger partial charge in [-0.1, -0.05) is 23.9 Å². The number of rotatable bonds is 4. The van der Waals surface area contributed by atoms with E-state index in [0.717, 1.165) is 16.2 Å². The molecule has 0 atom stereocenters. The quantitative estimate of drug-likeness (QED) is 0.656. The Morgan fingerprint density at radius 3 is 3.06 bits per heavy atom. The molecule has 1 heterocycles. The summed E-state index contributed by atoms with van der Waals surface area (Å²) in [5, 5.41) is 9.53. The lowest BCUT2D eigenvalue weighted by Gasteiger charge is -1.93. The Morgan fingerprint density at radius 1 is 1.56 bits per heavy atom. The zero-order valence-corrected chi connectivity index (χ0v) is 11.0. The lowest BCUT2D eigenvalue weighted by atomic mass is 10.2. The van der Waals surface area contributed by atoms with Crippen LogP contribution in [-0.4, -0.2) is 26.8 Å². The molecule has 0 spiro atoms. The summed E-state index contributed by atoms with van der Waals surface area (Å²) in [5.41, 5.74) is 3.48. The van der Waals surface area contributed by atoms with Gasteiger partial charge in [-0.15, -0.1) is 0 Å². The molecule has 4 nitrogen and oxygen atoms in total. The Bertz CT molecular complexity index is 616. The van der Waals surface area contributed by atoms with Crippen LogP contribution in [0.15, 0.2) is 35.0 Å². The van der Waals surface area contributed by atoms with E-state index >= 15 is 0 Å². The van der Waals surface area contributed by atoms with Crippen LogP contribution >= 0.6 is 11.8 Å². The maximum Gasteiger partial charge on any atom is 0.330 e. The molecule has 0 saturated carbocycles. The number of nitrogens with zero attached hydrogens (tertiary/aromatic N) is 1. The SMILES string of the molecule is CC(=CCSc1nc2ccc(C)cc2[nH]1)C(=O)O. The number of hydrogen-bond donors (Lipinski definition) is 2. The number of carboxylic acids is 1. The largest absolute Gasteiger partial charge is 0.478 e. The number of aryl methyl sites for hydroxylation is 1. The van der Waals surface area contributed by atoms with Gasteiger partial charge in [0.15, 0.2) is 5.16 Å². The predicted octanol–water partition coefficient (Wildman–Crippen LogP) is 2.99. The second-order valence-corrected chi connectivity index (χ2v) is 5.07. The smallest absolute Gasteiger partial charge is 0.330 e. The first-order valence-electron chi connectivity index (χ1n) is 5.55. The molecule has 5 heteroatoms. The van der Waals surface area contributed by atoms with Crippen molar-refractivity contribution in [1.29, 1.82) is 0 Å². The predicted molar refractivity (Wildman–Crippen MR) is 72.9 cm³/mol. The van der Waals surface area contributed by atoms with Gasteiger partial charge in [-0.25, -0.2) is 9.78 Å². The molecule has 0 unspecified atom stereocenters. The number of fused-ring (bicyclic) bond motifs is 1. The van der Waals surface area contributed by atoms with Crippen molar-refractivity contribution >= 4 is 28.8 Å². The van der Waals surface area contributed by atoms with Crippen LogP contribution in [0.25, 0.3) is 11.0 Å². The van der Waals surface area contributed by atoms with Crippen molar-refractivity contribution in [2.45, 2.75) is 19.0 Å². The minimum absolute atomic E-state index is 0.356. The summed E-state index contributed by atoms with van der Waals surface area (Å²) in [6, 6.07) is 6.04. The molecular formula is C13H14N2O2S. The molecule has 2 rings (SSSR count). The van der Waals surface area contributed by atoms with E-state index in [9.17, 15) is 4.79 Å². The Hall–Kier alpha value is -1.75. The summed E-state index contributed by atoms with van der Waals surface area (Å²) in [6.45, 7) is 3.62. The number of imidazole rings is 1. The van der Waals surface area contributed by atoms with Gasteiger partial charge in [0.2, 0.25) is 0 Å². The van der Waals surface area contributed by atoms with E-state index in [1.807, 2.05) is 25.1 Å². The fourth-order valence-corrected chi connectivity index (χ4v) is 2.34. The molecular weight excluding hydrogens is 248 g/mol. The summed E-state index contributed by atoms with van der Waals surface area (Å²) >= 11 is 1.49. The lowest BCUT2D eigenvalue weighted by Crippen LogP contribution is -1.96. The van der Waals surface area contributed by atoms with Gasteiger partial charge < -0.3 is 10.1 Å². The highest BCUT2D eigenvalue weighted by Crippen LogP contribution is 2.20. The number of nitrogens with one attached hydrogen (secondary N) is 1. The molecule has 0 fully saturated rings. The number of aromatic nitrogens is 2. The Kier molecular flexibility index (Phi) is 3.72. The normalized spacial score (nSPS) is 12.0. The van der Waals surface area contributed by atoms with Crippen LogP contribution in [0.2, 0.25) is 0 Å². The van der Waals surface area contributed by atoms with E-state index in [1.54, 1.807) is 13.0 Å². The van der Waals surface area contributed by atoms with Crippen LogP contribution < -0.4 is 0 Å². The second kappa shape index (κ2) is 5.27. The summed E-state index contributed by atoms with van der Waals surface area (Å²) in [6.07, 6.45) is 1.69. The van der Waals surface area contributed by atoms with Crippen molar-refractivity contribution in [2.24, 2.45) is 0 Å². The van der Waals surface area contributed by atoms with Gasteiger partial charge in [0.1, 0.15) is 0 Å². The standard InChI is InChI=1S/C13H14N2O2S/c1-8-3-4-10-11(7-8)15-13(14-10)18-6-5-9(2)12(16)17/h3-5,7H,6H2,1-2H3,(H,14,15)(H,16,17). The van der Waals surface area contributed by atoms with Crippen LogP contribution in [-0.2, 0) is 4.79 Å². The van der Waals surface area contributed by atoms with E-state index in [0.29, 0.717) is 11.3 Å². The third-order valence-corrected chi connectivity index (χ3v) is 3.36. The zero-order chi connectivity index (χ0) is 13.1. The van der Waals surface area contributed by atoms with Crippen molar-refractivity contribution in [1.82, 2.24) is 9.97 Å². The highest BCUT2D eigenvalue weighted by molar-refractivity contribution is 7.99. The first kappa shape index (κ1) is 12.7. The Morgan fingerprint density at radius 2 is 2.33 bits per heavy atom. The average Bonchev–Trinajstić information content (AvgIpc) is 2.70. The Balaban J connectivity index is 2.09. The number of thioether (sulfide) groups is 1. The molecule has 94 valence electrons.